The van der Waals surface area contributed by atoms with Crippen molar-refractivity contribution in [1.29, 1.82) is 0 Å². The van der Waals surface area contributed by atoms with E-state index in [-0.39, 0.29) is 39.7 Å². The van der Waals surface area contributed by atoms with Crippen LogP contribution in [0.4, 0.5) is 0 Å². The molecule has 0 amide bonds. The average molecular weight is 721 g/mol. The molecule has 0 aromatic carbocycles. The molecule has 206 valence electrons. The Morgan fingerprint density at radius 2 is 0.543 bits per heavy atom. The minimum atomic E-state index is 0. The second kappa shape index (κ2) is 18.9. The molecule has 0 rings (SSSR count). The largest absolute Gasteiger partial charge is 0.366 e. The van der Waals surface area contributed by atoms with Gasteiger partial charge in [-0.15, -0.1) is 18.6 Å². The van der Waals surface area contributed by atoms with Crippen LogP contribution in [0.15, 0.2) is 0 Å². The maximum atomic E-state index is 6.13. The third-order valence-corrected chi connectivity index (χ3v) is 8.70. The molecule has 35 heavy (non-hydrogen) atoms. The van der Waals surface area contributed by atoms with Gasteiger partial charge in [-0.25, -0.2) is 0 Å². The molecule has 0 atom stereocenters. The summed E-state index contributed by atoms with van der Waals surface area (Å²) in [5, 5.41) is 0. The van der Waals surface area contributed by atoms with Crippen LogP contribution in [0.25, 0.3) is 0 Å². The van der Waals surface area contributed by atoms with E-state index in [2.05, 4.69) is 0 Å². The quantitative estimate of drug-likeness (QED) is 0.0946. The Balaban J connectivity index is -0.000000569. The van der Waals surface area contributed by atoms with E-state index in [4.69, 9.17) is 109 Å². The van der Waals surface area contributed by atoms with Gasteiger partial charge in [0.2, 0.25) is 0 Å². The minimum Gasteiger partial charge on any atom is -0.366 e. The smallest absolute Gasteiger partial charge is 0.116 e. The third-order valence-electron chi connectivity index (χ3n) is 6.04. The van der Waals surface area contributed by atoms with Gasteiger partial charge in [0.05, 0.1) is 17.3 Å². The molecule has 0 aliphatic rings. The number of thiocarbonyl (C=S) groups is 4. The molecule has 0 N–H and O–H groups in total. The van der Waals surface area contributed by atoms with Gasteiger partial charge in [-0.1, -0.05) is 0 Å². The number of rotatable bonds is 12. The van der Waals surface area contributed by atoms with Crippen molar-refractivity contribution in [2.24, 2.45) is 0 Å². The van der Waals surface area contributed by atoms with Crippen LogP contribution >= 0.6 is 48.9 Å². The van der Waals surface area contributed by atoms with Crippen molar-refractivity contribution in [1.82, 2.24) is 0 Å². The van der Waals surface area contributed by atoms with Gasteiger partial charge >= 0.3 is 0 Å². The molecule has 0 unspecified atom stereocenters. The van der Waals surface area contributed by atoms with Gasteiger partial charge in [0.25, 0.3) is 0 Å². The molecule has 0 bridgehead atoms. The first kappa shape index (κ1) is 41.2. The Morgan fingerprint density at radius 1 is 0.429 bits per heavy atom. The van der Waals surface area contributed by atoms with E-state index >= 15 is 0 Å². The fourth-order valence-electron chi connectivity index (χ4n) is 3.12. The van der Waals surface area contributed by atoms with Gasteiger partial charge in [0.15, 0.2) is 0 Å². The Bertz CT molecular complexity index is 585. The van der Waals surface area contributed by atoms with Gasteiger partial charge in [0, 0.05) is 30.9 Å². The molecule has 0 fully saturated rings. The summed E-state index contributed by atoms with van der Waals surface area (Å²) in [6.45, 7) is 21.4. The number of nitrogens with zero attached hydrogens (tertiary/aromatic N) is 4. The Morgan fingerprint density at radius 3 is 0.600 bits per heavy atom. The van der Waals surface area contributed by atoms with Crippen molar-refractivity contribution in [2.75, 3.05) is 52.4 Å². The van der Waals surface area contributed by atoms with E-state index in [0.717, 1.165) is 0 Å². The van der Waals surface area contributed by atoms with Gasteiger partial charge in [-0.2, -0.15) is 0 Å². The van der Waals surface area contributed by atoms with E-state index in [0.29, 0.717) is 69.6 Å². The zero-order valence-electron chi connectivity index (χ0n) is 21.9. The zero-order valence-corrected chi connectivity index (χ0v) is 30.5. The second-order valence-corrected chi connectivity index (χ2v) is 11.4. The fraction of sp³-hybridized carbons (Fsp3) is 0.800. The number of quaternary nitrogens is 4. The van der Waals surface area contributed by atoms with Crippen molar-refractivity contribution < 1.29 is 49.5 Å². The van der Waals surface area contributed by atoms with E-state index in [1.165, 1.54) is 0 Å². The van der Waals surface area contributed by atoms with Crippen LogP contribution in [0.2, 0.25) is 0 Å². The Kier molecular flexibility index (Phi) is 22.2. The van der Waals surface area contributed by atoms with E-state index in [1.807, 2.05) is 55.4 Å². The van der Waals surface area contributed by atoms with E-state index in [1.54, 1.807) is 0 Å². The topological polar surface area (TPSA) is 18.5 Å². The van der Waals surface area contributed by atoms with Crippen LogP contribution in [0, 0.1) is 0 Å². The summed E-state index contributed by atoms with van der Waals surface area (Å²) in [5.41, 5.74) is 0. The summed E-state index contributed by atoms with van der Waals surface area (Å²) in [6.07, 6.45) is 0. The van der Waals surface area contributed by atoms with Crippen molar-refractivity contribution in [3.05, 3.63) is 0 Å². The molecule has 0 aromatic heterocycles. The predicted molar refractivity (Wildman–Crippen MR) is 167 cm³/mol. The van der Waals surface area contributed by atoms with Crippen molar-refractivity contribution >= 4 is 117 Å². The summed E-state index contributed by atoms with van der Waals surface area (Å²) >= 11 is 41.2. The van der Waals surface area contributed by atoms with Crippen LogP contribution in [0.5, 0.6) is 0 Å². The molecular weight excluding hydrogens is 681 g/mol. The van der Waals surface area contributed by atoms with Crippen molar-refractivity contribution in [3.63, 3.8) is 0 Å². The number of hydrogen-bond donors (Lipinski definition) is 0. The molecule has 0 aliphatic heterocycles. The minimum absolute atomic E-state index is 0. The normalized spacial score (nSPS) is 12.1. The summed E-state index contributed by atoms with van der Waals surface area (Å²) in [5.74, 6) is 0. The standard InChI is InChI=1S/2C10H20N2OS4.Mo/c2*1-5-11(6-2,9(14)15)13-12(7-3,8-4)10(16)17;/h2*5-8H2,1-4H3;. The van der Waals surface area contributed by atoms with Crippen LogP contribution in [-0.2, 0) is 81.5 Å². The fourth-order valence-corrected chi connectivity index (χ4v) is 5.45. The summed E-state index contributed by atoms with van der Waals surface area (Å²) in [4.78, 5) is 12.3. The molecule has 0 aromatic rings. The van der Waals surface area contributed by atoms with Crippen LogP contribution in [0.1, 0.15) is 55.4 Å². The first-order valence-electron chi connectivity index (χ1n) is 11.4. The molecule has 15 heteroatoms. The van der Waals surface area contributed by atoms with Crippen LogP contribution in [0.3, 0.4) is 0 Å². The van der Waals surface area contributed by atoms with Crippen molar-refractivity contribution in [2.45, 2.75) is 55.4 Å². The predicted octanol–water partition coefficient (Wildman–Crippen LogP) is 4.42. The molecule has 0 spiro atoms. The molecule has 0 aliphatic carbocycles. The maximum Gasteiger partial charge on any atom is 0.116 e. The van der Waals surface area contributed by atoms with E-state index < -0.39 is 0 Å². The van der Waals surface area contributed by atoms with Crippen LogP contribution in [-0.4, -0.2) is 88.2 Å². The van der Waals surface area contributed by atoms with Crippen LogP contribution < -0.4 is 0 Å². The molecule has 0 heterocycles. The summed E-state index contributed by atoms with van der Waals surface area (Å²) < 4.78 is 2.14. The van der Waals surface area contributed by atoms with Crippen molar-refractivity contribution in [3.8, 4) is 0 Å². The molecule has 0 radical (unpaired) electrons. The molecular formula is C20H40MoN4O2S8. The summed E-state index contributed by atoms with van der Waals surface area (Å²) in [7, 11) is 0. The van der Waals surface area contributed by atoms with Gasteiger partial charge < -0.3 is 99.4 Å². The first-order valence-corrected chi connectivity index (χ1v) is 14.7. The number of hydrogen-bond acceptors (Lipinski definition) is 10. The van der Waals surface area contributed by atoms with E-state index in [9.17, 15) is 0 Å². The molecule has 0 saturated heterocycles. The van der Waals surface area contributed by atoms with Gasteiger partial charge in [-0.3, -0.25) is 0 Å². The summed E-state index contributed by atoms with van der Waals surface area (Å²) in [6, 6.07) is 0. The second-order valence-electron chi connectivity index (χ2n) is 7.31. The van der Waals surface area contributed by atoms with Gasteiger partial charge in [0.1, 0.15) is 52.4 Å². The molecule has 0 saturated carbocycles. The SMILES string of the molecule is CC[N+](CC)(O[N+](CC)(CC)C(=S)[S-])C(=S)[S-].CC[N+](CC)(O[N+](CC)(CC)C(=S)[S-])C(=S)[S-].[Mo]. The Hall–Kier alpha value is 1.69. The zero-order chi connectivity index (χ0) is 27.4. The molecule has 6 nitrogen and oxygen atoms in total. The first-order chi connectivity index (χ1) is 15.7. The maximum absolute atomic E-state index is 6.13. The van der Waals surface area contributed by atoms with Gasteiger partial charge in [-0.05, 0) is 55.4 Å². The average Bonchev–Trinajstić information content (AvgIpc) is 2.81. The Labute approximate surface area is 271 Å². The monoisotopic (exact) mass is 722 g/mol. The number of hydroxylamine groups is 12. The third kappa shape index (κ3) is 10.6.